The topological polar surface area (TPSA) is 67.8 Å². The Morgan fingerprint density at radius 3 is 2.68 bits per heavy atom. The third-order valence-corrected chi connectivity index (χ3v) is 4.86. The number of aromatic nitrogens is 1. The number of aliphatic imine (C=N–C) groups is 1. The van der Waals surface area contributed by atoms with Crippen LogP contribution in [0, 0.1) is 5.82 Å². The predicted octanol–water partition coefficient (Wildman–Crippen LogP) is 4.60. The Balaban J connectivity index is 1.58. The lowest BCUT2D eigenvalue weighted by Gasteiger charge is -2.23. The van der Waals surface area contributed by atoms with E-state index in [4.69, 9.17) is 9.47 Å². The van der Waals surface area contributed by atoms with Crippen molar-refractivity contribution in [2.45, 2.75) is 11.4 Å². The molecule has 0 saturated carbocycles. The molecule has 1 aromatic heterocycles. The number of anilines is 1. The first kappa shape index (κ1) is 18.1. The second-order valence-electron chi connectivity index (χ2n) is 5.81. The summed E-state index contributed by atoms with van der Waals surface area (Å²) in [5.74, 6) is 2.00. The molecule has 142 valence electrons. The summed E-state index contributed by atoms with van der Waals surface area (Å²) in [5.41, 5.74) is 1.06. The van der Waals surface area contributed by atoms with Crippen LogP contribution >= 0.6 is 11.9 Å². The molecule has 0 amide bonds. The molecule has 6 nitrogen and oxygen atoms in total. The average Bonchev–Trinajstić information content (AvgIpc) is 2.74. The lowest BCUT2D eigenvalue weighted by Crippen LogP contribution is -2.29. The number of nitrogens with one attached hydrogen (secondary N) is 2. The molecule has 0 fully saturated rings. The van der Waals surface area contributed by atoms with Crippen LogP contribution in [-0.2, 0) is 6.54 Å². The highest BCUT2D eigenvalue weighted by atomic mass is 32.2. The molecule has 0 spiro atoms. The quantitative estimate of drug-likeness (QED) is 0.615. The van der Waals surface area contributed by atoms with E-state index in [1.165, 1.54) is 18.0 Å². The van der Waals surface area contributed by atoms with Crippen molar-refractivity contribution in [1.29, 1.82) is 0 Å². The largest absolute Gasteiger partial charge is 0.493 e. The molecule has 28 heavy (non-hydrogen) atoms. The van der Waals surface area contributed by atoms with Crippen molar-refractivity contribution in [3.63, 3.8) is 0 Å². The van der Waals surface area contributed by atoms with E-state index in [1.807, 2.05) is 42.5 Å². The maximum Gasteiger partial charge on any atom is 0.206 e. The third-order valence-electron chi connectivity index (χ3n) is 4.00. The minimum absolute atomic E-state index is 0.118. The van der Waals surface area contributed by atoms with Crippen molar-refractivity contribution in [1.82, 2.24) is 9.71 Å². The first-order chi connectivity index (χ1) is 13.7. The van der Waals surface area contributed by atoms with Gasteiger partial charge in [-0.15, -0.1) is 0 Å². The maximum atomic E-state index is 13.8. The van der Waals surface area contributed by atoms with E-state index >= 15 is 0 Å². The fourth-order valence-electron chi connectivity index (χ4n) is 2.63. The van der Waals surface area contributed by atoms with E-state index in [0.29, 0.717) is 23.2 Å². The Hall–Kier alpha value is -3.26. The highest BCUT2D eigenvalue weighted by Crippen LogP contribution is 2.40. The van der Waals surface area contributed by atoms with E-state index in [9.17, 15) is 4.39 Å². The van der Waals surface area contributed by atoms with Crippen LogP contribution in [-0.4, -0.2) is 18.1 Å². The van der Waals surface area contributed by atoms with E-state index in [1.54, 1.807) is 19.4 Å². The molecule has 2 aromatic carbocycles. The summed E-state index contributed by atoms with van der Waals surface area (Å²) < 4.78 is 28.3. The fraction of sp³-hybridized carbons (Fsp3) is 0.100. The fourth-order valence-corrected chi connectivity index (χ4v) is 3.36. The number of rotatable bonds is 5. The van der Waals surface area contributed by atoms with Crippen LogP contribution in [0.15, 0.2) is 70.7 Å². The lowest BCUT2D eigenvalue weighted by atomic mass is 10.2. The summed E-state index contributed by atoms with van der Waals surface area (Å²) in [6, 6.07) is 16.1. The van der Waals surface area contributed by atoms with Crippen molar-refractivity contribution in [3.8, 4) is 17.2 Å². The minimum Gasteiger partial charge on any atom is -0.493 e. The van der Waals surface area contributed by atoms with Gasteiger partial charge in [0.2, 0.25) is 5.96 Å². The number of guanidine groups is 1. The van der Waals surface area contributed by atoms with Crippen LogP contribution in [0.25, 0.3) is 0 Å². The van der Waals surface area contributed by atoms with Gasteiger partial charge in [0.05, 0.1) is 29.9 Å². The molecule has 4 rings (SSSR count). The third kappa shape index (κ3) is 3.86. The number of halogens is 1. The molecule has 8 heteroatoms. The smallest absolute Gasteiger partial charge is 0.206 e. The van der Waals surface area contributed by atoms with Crippen LogP contribution in [0.5, 0.6) is 17.2 Å². The zero-order chi connectivity index (χ0) is 19.3. The predicted molar refractivity (Wildman–Crippen MR) is 107 cm³/mol. The molecule has 2 heterocycles. The molecule has 0 unspecified atom stereocenters. The zero-order valence-electron chi connectivity index (χ0n) is 15.0. The molecule has 3 aromatic rings. The highest BCUT2D eigenvalue weighted by molar-refractivity contribution is 7.98. The Morgan fingerprint density at radius 1 is 1.04 bits per heavy atom. The van der Waals surface area contributed by atoms with Gasteiger partial charge in [-0.05, 0) is 48.3 Å². The Kier molecular flexibility index (Phi) is 5.29. The van der Waals surface area contributed by atoms with Crippen molar-refractivity contribution in [3.05, 3.63) is 72.3 Å². The number of nitrogens with zero attached hydrogens (tertiary/aromatic N) is 2. The van der Waals surface area contributed by atoms with Crippen molar-refractivity contribution in [2.24, 2.45) is 4.99 Å². The van der Waals surface area contributed by atoms with Crippen LogP contribution in [0.2, 0.25) is 0 Å². The van der Waals surface area contributed by atoms with E-state index in [-0.39, 0.29) is 18.1 Å². The monoisotopic (exact) mass is 396 g/mol. The molecule has 0 bridgehead atoms. The molecular formula is C20H17FN4O2S. The molecule has 2 N–H and O–H groups in total. The number of ether oxygens (including phenoxy) is 2. The molecule has 1 aliphatic heterocycles. The highest BCUT2D eigenvalue weighted by Gasteiger charge is 2.19. The molecule has 1 aliphatic rings. The average molecular weight is 396 g/mol. The van der Waals surface area contributed by atoms with Crippen LogP contribution in [0.3, 0.4) is 0 Å². The van der Waals surface area contributed by atoms with Crippen LogP contribution in [0.1, 0.15) is 5.69 Å². The second kappa shape index (κ2) is 8.18. The van der Waals surface area contributed by atoms with Gasteiger partial charge in [-0.3, -0.25) is 9.71 Å². The first-order valence-corrected chi connectivity index (χ1v) is 9.34. The molecular weight excluding hydrogens is 379 g/mol. The Bertz CT molecular complexity index is 1030. The molecule has 0 radical (unpaired) electrons. The molecule has 0 aliphatic carbocycles. The number of pyridine rings is 1. The summed E-state index contributed by atoms with van der Waals surface area (Å²) in [6.07, 6.45) is 1.55. The summed E-state index contributed by atoms with van der Waals surface area (Å²) in [6.45, 7) is 0.118. The van der Waals surface area contributed by atoms with Gasteiger partial charge in [-0.2, -0.15) is 0 Å². The van der Waals surface area contributed by atoms with E-state index in [0.717, 1.165) is 10.6 Å². The Morgan fingerprint density at radius 2 is 1.86 bits per heavy atom. The summed E-state index contributed by atoms with van der Waals surface area (Å²) in [4.78, 5) is 9.36. The van der Waals surface area contributed by atoms with Gasteiger partial charge < -0.3 is 14.8 Å². The molecule has 0 atom stereocenters. The number of fused-ring (bicyclic) bond motifs is 1. The van der Waals surface area contributed by atoms with Gasteiger partial charge in [0.15, 0.2) is 17.2 Å². The number of hydrogen-bond acceptors (Lipinski definition) is 5. The summed E-state index contributed by atoms with van der Waals surface area (Å²) >= 11 is 1.40. The van der Waals surface area contributed by atoms with Crippen molar-refractivity contribution >= 4 is 23.6 Å². The van der Waals surface area contributed by atoms with Gasteiger partial charge in [0.25, 0.3) is 0 Å². The first-order valence-electron chi connectivity index (χ1n) is 8.52. The number of benzene rings is 2. The van der Waals surface area contributed by atoms with E-state index in [2.05, 4.69) is 20.0 Å². The van der Waals surface area contributed by atoms with E-state index < -0.39 is 0 Å². The second-order valence-corrected chi connectivity index (χ2v) is 6.66. The number of methoxy groups -OCH3 is 1. The van der Waals surface area contributed by atoms with Gasteiger partial charge in [0.1, 0.15) is 5.82 Å². The normalized spacial score (nSPS) is 14.0. The van der Waals surface area contributed by atoms with Crippen LogP contribution in [0.4, 0.5) is 10.1 Å². The minimum atomic E-state index is -0.379. The summed E-state index contributed by atoms with van der Waals surface area (Å²) in [5, 5.41) is 3.22. The summed E-state index contributed by atoms with van der Waals surface area (Å²) in [7, 11) is 1.60. The van der Waals surface area contributed by atoms with Crippen LogP contribution < -0.4 is 19.5 Å². The number of para-hydroxylation sites is 3. The zero-order valence-corrected chi connectivity index (χ0v) is 15.8. The SMILES string of the molecule is COc1ccccc1Oc1cccc2c1NC(=NCc1ncccc1F)NS2. The molecule has 0 saturated heterocycles. The standard InChI is InChI=1S/C20H17FN4O2S/c1-26-15-7-2-3-8-16(15)27-17-9-4-10-18-19(17)24-20(25-28-18)23-12-14-13(21)6-5-11-22-14/h2-11H,12H2,1H3,(H2,23,24,25). The van der Waals surface area contributed by atoms with Gasteiger partial charge in [-0.1, -0.05) is 18.2 Å². The van der Waals surface area contributed by atoms with Gasteiger partial charge >= 0.3 is 0 Å². The maximum absolute atomic E-state index is 13.8. The van der Waals surface area contributed by atoms with Crippen molar-refractivity contribution < 1.29 is 13.9 Å². The number of hydrogen-bond donors (Lipinski definition) is 2. The Labute approximate surface area is 166 Å². The van der Waals surface area contributed by atoms with Crippen molar-refractivity contribution in [2.75, 3.05) is 12.4 Å². The van der Waals surface area contributed by atoms with Gasteiger partial charge in [-0.25, -0.2) is 9.38 Å². The van der Waals surface area contributed by atoms with Gasteiger partial charge in [0, 0.05) is 6.20 Å². The lowest BCUT2D eigenvalue weighted by molar-refractivity contribution is 0.379.